The monoisotopic (exact) mass is 284 g/mol. The van der Waals surface area contributed by atoms with Gasteiger partial charge in [0.05, 0.1) is 5.56 Å². The third-order valence-electron chi connectivity index (χ3n) is 2.92. The summed E-state index contributed by atoms with van der Waals surface area (Å²) < 4.78 is 15.5. The van der Waals surface area contributed by atoms with Crippen molar-refractivity contribution in [2.24, 2.45) is 0 Å². The van der Waals surface area contributed by atoms with Crippen LogP contribution in [0.5, 0.6) is 0 Å². The van der Waals surface area contributed by atoms with E-state index >= 15 is 0 Å². The van der Waals surface area contributed by atoms with E-state index in [9.17, 15) is 4.39 Å². The summed E-state index contributed by atoms with van der Waals surface area (Å²) in [6.07, 6.45) is 3.33. The molecule has 0 fully saturated rings. The molecule has 3 aromatic rings. The number of rotatable bonds is 3. The highest BCUT2D eigenvalue weighted by Gasteiger charge is 2.13. The number of benzene rings is 1. The minimum atomic E-state index is -0.375. The molecule has 0 unspecified atom stereocenters. The molecule has 0 aliphatic heterocycles. The molecule has 0 spiro atoms. The lowest BCUT2D eigenvalue weighted by Crippen LogP contribution is -2.08. The van der Waals surface area contributed by atoms with Gasteiger partial charge < -0.3 is 5.32 Å². The van der Waals surface area contributed by atoms with Crippen LogP contribution in [0.25, 0.3) is 17.3 Å². The number of aromatic nitrogens is 5. The zero-order chi connectivity index (χ0) is 14.8. The highest BCUT2D eigenvalue weighted by atomic mass is 19.1. The highest BCUT2D eigenvalue weighted by Crippen LogP contribution is 2.22. The van der Waals surface area contributed by atoms with E-state index in [0.29, 0.717) is 17.5 Å². The van der Waals surface area contributed by atoms with Crippen molar-refractivity contribution in [2.75, 3.05) is 12.4 Å². The maximum absolute atomic E-state index is 14.0. The Labute approximate surface area is 120 Å². The minimum Gasteiger partial charge on any atom is -0.357 e. The molecule has 2 heterocycles. The fraction of sp³-hybridized carbons (Fsp3) is 0.143. The van der Waals surface area contributed by atoms with Gasteiger partial charge >= 0.3 is 0 Å². The average Bonchev–Trinajstić information content (AvgIpc) is 3.03. The second-order valence-corrected chi connectivity index (χ2v) is 4.47. The van der Waals surface area contributed by atoms with Crippen LogP contribution in [-0.4, -0.2) is 31.8 Å². The summed E-state index contributed by atoms with van der Waals surface area (Å²) in [4.78, 5) is 12.7. The van der Waals surface area contributed by atoms with Crippen molar-refractivity contribution in [3.05, 3.63) is 48.0 Å². The van der Waals surface area contributed by atoms with Crippen LogP contribution in [0.2, 0.25) is 0 Å². The Kier molecular flexibility index (Phi) is 3.31. The minimum absolute atomic E-state index is 0.265. The number of anilines is 1. The van der Waals surface area contributed by atoms with Gasteiger partial charge in [0.1, 0.15) is 5.82 Å². The largest absolute Gasteiger partial charge is 0.357 e. The molecule has 7 heteroatoms. The molecule has 0 bridgehead atoms. The predicted molar refractivity (Wildman–Crippen MR) is 76.6 cm³/mol. The lowest BCUT2D eigenvalue weighted by atomic mass is 10.1. The van der Waals surface area contributed by atoms with E-state index in [1.165, 1.54) is 10.7 Å². The molecule has 1 aromatic carbocycles. The molecule has 0 aliphatic carbocycles. The van der Waals surface area contributed by atoms with Gasteiger partial charge in [-0.05, 0) is 25.1 Å². The first kappa shape index (κ1) is 13.2. The van der Waals surface area contributed by atoms with E-state index in [1.807, 2.05) is 6.92 Å². The average molecular weight is 284 g/mol. The van der Waals surface area contributed by atoms with Crippen LogP contribution in [0.4, 0.5) is 10.3 Å². The summed E-state index contributed by atoms with van der Waals surface area (Å²) in [5.74, 6) is 0.572. The van der Waals surface area contributed by atoms with Gasteiger partial charge in [0.25, 0.3) is 5.95 Å². The molecule has 0 radical (unpaired) electrons. The lowest BCUT2D eigenvalue weighted by molar-refractivity contribution is 0.629. The molecule has 1 N–H and O–H groups in total. The summed E-state index contributed by atoms with van der Waals surface area (Å²) in [5.41, 5.74) is 1.26. The van der Waals surface area contributed by atoms with Crippen molar-refractivity contribution in [3.8, 4) is 17.3 Å². The van der Waals surface area contributed by atoms with Crippen molar-refractivity contribution in [1.82, 2.24) is 24.7 Å². The van der Waals surface area contributed by atoms with Crippen molar-refractivity contribution in [3.63, 3.8) is 0 Å². The van der Waals surface area contributed by atoms with Crippen LogP contribution < -0.4 is 5.32 Å². The first-order chi connectivity index (χ1) is 10.2. The van der Waals surface area contributed by atoms with Gasteiger partial charge in [0.2, 0.25) is 5.95 Å². The number of hydrogen-bond acceptors (Lipinski definition) is 5. The Morgan fingerprint density at radius 2 is 2.05 bits per heavy atom. The summed E-state index contributed by atoms with van der Waals surface area (Å²) in [7, 11) is 1.69. The molecule has 6 nitrogen and oxygen atoms in total. The van der Waals surface area contributed by atoms with Crippen molar-refractivity contribution in [2.45, 2.75) is 6.92 Å². The van der Waals surface area contributed by atoms with E-state index in [2.05, 4.69) is 25.4 Å². The Morgan fingerprint density at radius 1 is 1.19 bits per heavy atom. The summed E-state index contributed by atoms with van der Waals surface area (Å²) in [5, 5.41) is 6.93. The van der Waals surface area contributed by atoms with Gasteiger partial charge in [0.15, 0.2) is 5.82 Å². The van der Waals surface area contributed by atoms with E-state index in [1.54, 1.807) is 37.6 Å². The maximum Gasteiger partial charge on any atom is 0.255 e. The molecule has 2 aromatic heterocycles. The fourth-order valence-electron chi connectivity index (χ4n) is 1.90. The van der Waals surface area contributed by atoms with Gasteiger partial charge in [-0.3, -0.25) is 0 Å². The quantitative estimate of drug-likeness (QED) is 0.798. The van der Waals surface area contributed by atoms with Crippen LogP contribution in [0, 0.1) is 12.7 Å². The standard InChI is InChI=1S/C14H13FN6/c1-9-4-5-11(15)10(8-9)12-18-13(16-2)20-14(19-12)21-7-3-6-17-21/h3-8H,1-2H3,(H,16,18,19,20). The van der Waals surface area contributed by atoms with Gasteiger partial charge in [-0.25, -0.2) is 9.07 Å². The second kappa shape index (κ2) is 5.28. The van der Waals surface area contributed by atoms with Crippen LogP contribution in [-0.2, 0) is 0 Å². The molecule has 0 aliphatic rings. The number of halogens is 1. The van der Waals surface area contributed by atoms with Crippen LogP contribution in [0.15, 0.2) is 36.7 Å². The zero-order valence-corrected chi connectivity index (χ0v) is 11.6. The van der Waals surface area contributed by atoms with Gasteiger partial charge in [-0.1, -0.05) is 11.6 Å². The van der Waals surface area contributed by atoms with Crippen LogP contribution in [0.3, 0.4) is 0 Å². The third-order valence-corrected chi connectivity index (χ3v) is 2.92. The second-order valence-electron chi connectivity index (χ2n) is 4.47. The molecule has 21 heavy (non-hydrogen) atoms. The maximum atomic E-state index is 14.0. The van der Waals surface area contributed by atoms with E-state index in [0.717, 1.165) is 5.56 Å². The number of nitrogens with one attached hydrogen (secondary N) is 1. The van der Waals surface area contributed by atoms with Crippen molar-refractivity contribution in [1.29, 1.82) is 0 Å². The predicted octanol–water partition coefficient (Wildman–Crippen LogP) is 2.21. The van der Waals surface area contributed by atoms with Gasteiger partial charge in [0, 0.05) is 19.4 Å². The van der Waals surface area contributed by atoms with Crippen LogP contribution >= 0.6 is 0 Å². The number of aryl methyl sites for hydroxylation is 1. The topological polar surface area (TPSA) is 68.5 Å². The number of nitrogens with zero attached hydrogens (tertiary/aromatic N) is 5. The molecule has 106 valence electrons. The lowest BCUT2D eigenvalue weighted by Gasteiger charge is -2.08. The molecule has 0 amide bonds. The van der Waals surface area contributed by atoms with Crippen LogP contribution in [0.1, 0.15) is 5.56 Å². The molecule has 0 atom stereocenters. The molecule has 3 rings (SSSR count). The van der Waals surface area contributed by atoms with Gasteiger partial charge in [-0.2, -0.15) is 20.1 Å². The SMILES string of the molecule is CNc1nc(-c2cc(C)ccc2F)nc(-n2cccn2)n1. The van der Waals surface area contributed by atoms with Gasteiger partial charge in [-0.15, -0.1) is 0 Å². The summed E-state index contributed by atoms with van der Waals surface area (Å²) in [6.45, 7) is 1.89. The van der Waals surface area contributed by atoms with E-state index < -0.39 is 0 Å². The third kappa shape index (κ3) is 2.58. The zero-order valence-electron chi connectivity index (χ0n) is 11.6. The Hall–Kier alpha value is -2.83. The highest BCUT2D eigenvalue weighted by molar-refractivity contribution is 5.58. The summed E-state index contributed by atoms with van der Waals surface area (Å²) in [6, 6.07) is 6.57. The Bertz CT molecular complexity index is 769. The van der Waals surface area contributed by atoms with E-state index in [-0.39, 0.29) is 11.6 Å². The summed E-state index contributed by atoms with van der Waals surface area (Å²) >= 11 is 0. The molecular formula is C14H13FN6. The van der Waals surface area contributed by atoms with E-state index in [4.69, 9.17) is 0 Å². The normalized spacial score (nSPS) is 10.6. The first-order valence-corrected chi connectivity index (χ1v) is 6.38. The Balaban J connectivity index is 2.18. The fourth-order valence-corrected chi connectivity index (χ4v) is 1.90. The molecular weight excluding hydrogens is 271 g/mol. The molecule has 0 saturated heterocycles. The van der Waals surface area contributed by atoms with Crippen molar-refractivity contribution >= 4 is 5.95 Å². The smallest absolute Gasteiger partial charge is 0.255 e. The van der Waals surface area contributed by atoms with Crippen molar-refractivity contribution < 1.29 is 4.39 Å². The Morgan fingerprint density at radius 3 is 2.76 bits per heavy atom. The molecule has 0 saturated carbocycles. The first-order valence-electron chi connectivity index (χ1n) is 6.38. The number of hydrogen-bond donors (Lipinski definition) is 1.